The lowest BCUT2D eigenvalue weighted by molar-refractivity contribution is 0.162. The van der Waals surface area contributed by atoms with E-state index in [0.717, 1.165) is 5.56 Å². The van der Waals surface area contributed by atoms with Crippen LogP contribution in [0.1, 0.15) is 12.0 Å². The lowest BCUT2D eigenvalue weighted by Crippen LogP contribution is -2.14. The number of nitrogens with one attached hydrogen (secondary N) is 1. The Morgan fingerprint density at radius 1 is 1.50 bits per heavy atom. The molecule has 0 spiro atoms. The molecule has 0 heterocycles. The second-order valence-electron chi connectivity index (χ2n) is 3.16. The van der Waals surface area contributed by atoms with E-state index >= 15 is 0 Å². The summed E-state index contributed by atoms with van der Waals surface area (Å²) >= 11 is 5.45. The van der Waals surface area contributed by atoms with Crippen LogP contribution in [-0.2, 0) is 11.3 Å². The Morgan fingerprint density at radius 3 is 3.00 bits per heavy atom. The maximum Gasteiger partial charge on any atom is 0.411 e. The Balaban J connectivity index is 2.43. The first-order valence-electron chi connectivity index (χ1n) is 4.96. The Labute approximate surface area is 99.2 Å². The first-order chi connectivity index (χ1) is 7.76. The van der Waals surface area contributed by atoms with E-state index in [1.165, 1.54) is 0 Å². The van der Waals surface area contributed by atoms with Crippen LogP contribution in [-0.4, -0.2) is 23.7 Å². The number of rotatable bonds is 5. The number of carbonyl (C=O) groups is 1. The van der Waals surface area contributed by atoms with E-state index in [9.17, 15) is 4.79 Å². The van der Waals surface area contributed by atoms with Gasteiger partial charge in [-0.1, -0.05) is 12.1 Å². The van der Waals surface area contributed by atoms with Gasteiger partial charge < -0.3 is 9.84 Å². The van der Waals surface area contributed by atoms with Gasteiger partial charge in [0.25, 0.3) is 0 Å². The molecule has 0 aliphatic carbocycles. The van der Waals surface area contributed by atoms with E-state index in [-0.39, 0.29) is 6.61 Å². The van der Waals surface area contributed by atoms with Crippen molar-refractivity contribution in [2.24, 2.45) is 0 Å². The molecule has 0 saturated carbocycles. The molecule has 16 heavy (non-hydrogen) atoms. The van der Waals surface area contributed by atoms with Gasteiger partial charge in [0.15, 0.2) is 0 Å². The molecule has 1 aromatic rings. The Hall–Kier alpha value is -1.26. The number of alkyl halides is 1. The molecule has 0 bridgehead atoms. The van der Waals surface area contributed by atoms with Crippen molar-refractivity contribution in [3.8, 4) is 0 Å². The molecule has 88 valence electrons. The van der Waals surface area contributed by atoms with Gasteiger partial charge in [-0.25, -0.2) is 4.79 Å². The summed E-state index contributed by atoms with van der Waals surface area (Å²) in [6.07, 6.45) is 0.117. The van der Waals surface area contributed by atoms with Crippen molar-refractivity contribution in [1.82, 2.24) is 0 Å². The van der Waals surface area contributed by atoms with Crippen LogP contribution in [0.15, 0.2) is 24.3 Å². The van der Waals surface area contributed by atoms with Crippen LogP contribution < -0.4 is 5.32 Å². The number of amides is 1. The van der Waals surface area contributed by atoms with Crippen LogP contribution in [0.25, 0.3) is 0 Å². The predicted molar refractivity (Wildman–Crippen MR) is 62.7 cm³/mol. The largest absolute Gasteiger partial charge is 0.449 e. The molecule has 0 aliphatic rings. The van der Waals surface area contributed by atoms with Crippen molar-refractivity contribution >= 4 is 23.4 Å². The molecule has 0 aromatic heterocycles. The minimum atomic E-state index is -0.514. The quantitative estimate of drug-likeness (QED) is 0.617. The minimum absolute atomic E-state index is 0.0587. The highest BCUT2D eigenvalue weighted by atomic mass is 35.5. The zero-order valence-electron chi connectivity index (χ0n) is 8.78. The monoisotopic (exact) mass is 243 g/mol. The summed E-state index contributed by atoms with van der Waals surface area (Å²) in [7, 11) is 0. The molecule has 0 unspecified atom stereocenters. The smallest absolute Gasteiger partial charge is 0.411 e. The fourth-order valence-corrected chi connectivity index (χ4v) is 1.23. The highest BCUT2D eigenvalue weighted by Gasteiger charge is 2.02. The number of aliphatic hydroxyl groups excluding tert-OH is 1. The molecule has 0 aliphatic heterocycles. The van der Waals surface area contributed by atoms with Gasteiger partial charge in [-0.3, -0.25) is 5.32 Å². The highest BCUT2D eigenvalue weighted by Crippen LogP contribution is 2.10. The first kappa shape index (κ1) is 12.8. The van der Waals surface area contributed by atoms with Crippen molar-refractivity contribution in [2.75, 3.05) is 17.8 Å². The summed E-state index contributed by atoms with van der Waals surface area (Å²) in [6.45, 7) is 0.242. The third-order valence-corrected chi connectivity index (χ3v) is 2.13. The maximum absolute atomic E-state index is 11.2. The molecule has 1 amide bonds. The second kappa shape index (κ2) is 7.09. The number of aliphatic hydroxyl groups is 1. The van der Waals surface area contributed by atoms with Crippen molar-refractivity contribution in [1.29, 1.82) is 0 Å². The summed E-state index contributed by atoms with van der Waals surface area (Å²) < 4.78 is 4.86. The molecule has 1 rings (SSSR count). The summed E-state index contributed by atoms with van der Waals surface area (Å²) in [5, 5.41) is 11.5. The molecule has 0 radical (unpaired) electrons. The maximum atomic E-state index is 11.2. The summed E-state index contributed by atoms with van der Waals surface area (Å²) in [5.74, 6) is 0.466. The van der Waals surface area contributed by atoms with E-state index in [2.05, 4.69) is 5.32 Å². The van der Waals surface area contributed by atoms with E-state index < -0.39 is 6.09 Å². The fourth-order valence-electron chi connectivity index (χ4n) is 1.12. The van der Waals surface area contributed by atoms with Gasteiger partial charge in [0.2, 0.25) is 0 Å². The molecule has 4 nitrogen and oxygen atoms in total. The normalized spacial score (nSPS) is 9.88. The highest BCUT2D eigenvalue weighted by molar-refractivity contribution is 6.17. The molecule has 0 atom stereocenters. The second-order valence-corrected chi connectivity index (χ2v) is 3.54. The molecular weight excluding hydrogens is 230 g/mol. The first-order valence-corrected chi connectivity index (χ1v) is 5.49. The van der Waals surface area contributed by atoms with Gasteiger partial charge in [0.1, 0.15) is 0 Å². The van der Waals surface area contributed by atoms with Crippen LogP contribution in [0, 0.1) is 0 Å². The lowest BCUT2D eigenvalue weighted by Gasteiger charge is -2.07. The summed E-state index contributed by atoms with van der Waals surface area (Å²) in [5.41, 5.74) is 1.33. The number of benzene rings is 1. The third-order valence-electron chi connectivity index (χ3n) is 1.87. The van der Waals surface area contributed by atoms with E-state index in [0.29, 0.717) is 24.6 Å². The Bertz CT molecular complexity index is 344. The zero-order valence-corrected chi connectivity index (χ0v) is 9.54. The Kier molecular flexibility index (Phi) is 5.67. The number of halogens is 1. The standard InChI is InChI=1S/C11H14ClNO3/c12-5-2-6-16-11(15)13-10-4-1-3-9(7-10)8-14/h1,3-4,7,14H,2,5-6,8H2,(H,13,15). The predicted octanol–water partition coefficient (Wildman–Crippen LogP) is 2.36. The Morgan fingerprint density at radius 2 is 2.31 bits per heavy atom. The topological polar surface area (TPSA) is 58.6 Å². The minimum Gasteiger partial charge on any atom is -0.449 e. The van der Waals surface area contributed by atoms with Crippen LogP contribution >= 0.6 is 11.6 Å². The van der Waals surface area contributed by atoms with Crippen LogP contribution in [0.3, 0.4) is 0 Å². The van der Waals surface area contributed by atoms with E-state index in [4.69, 9.17) is 21.4 Å². The van der Waals surface area contributed by atoms with Gasteiger partial charge in [0, 0.05) is 11.6 Å². The van der Waals surface area contributed by atoms with Gasteiger partial charge in [-0.2, -0.15) is 0 Å². The molecule has 2 N–H and O–H groups in total. The number of hydrogen-bond acceptors (Lipinski definition) is 3. The number of anilines is 1. The average molecular weight is 244 g/mol. The van der Waals surface area contributed by atoms with E-state index in [1.54, 1.807) is 24.3 Å². The fraction of sp³-hybridized carbons (Fsp3) is 0.364. The molecule has 0 saturated heterocycles. The zero-order chi connectivity index (χ0) is 11.8. The van der Waals surface area contributed by atoms with Gasteiger partial charge in [0.05, 0.1) is 13.2 Å². The number of carbonyl (C=O) groups excluding carboxylic acids is 1. The van der Waals surface area contributed by atoms with Crippen molar-refractivity contribution in [2.45, 2.75) is 13.0 Å². The van der Waals surface area contributed by atoms with Crippen molar-refractivity contribution in [3.63, 3.8) is 0 Å². The van der Waals surface area contributed by atoms with Crippen LogP contribution in [0.5, 0.6) is 0 Å². The molecule has 1 aromatic carbocycles. The summed E-state index contributed by atoms with van der Waals surface area (Å²) in [4.78, 5) is 11.2. The van der Waals surface area contributed by atoms with Gasteiger partial charge >= 0.3 is 6.09 Å². The third kappa shape index (κ3) is 4.51. The summed E-state index contributed by atoms with van der Waals surface area (Å²) in [6, 6.07) is 6.93. The number of hydrogen-bond donors (Lipinski definition) is 2. The molecule has 0 fully saturated rings. The van der Waals surface area contributed by atoms with Gasteiger partial charge in [-0.15, -0.1) is 11.6 Å². The van der Waals surface area contributed by atoms with E-state index in [1.807, 2.05) is 0 Å². The van der Waals surface area contributed by atoms with Crippen LogP contribution in [0.4, 0.5) is 10.5 Å². The molecule has 5 heteroatoms. The number of ether oxygens (including phenoxy) is 1. The SMILES string of the molecule is O=C(Nc1cccc(CO)c1)OCCCCl. The molecular formula is C11H14ClNO3. The van der Waals surface area contributed by atoms with Gasteiger partial charge in [-0.05, 0) is 24.1 Å². The lowest BCUT2D eigenvalue weighted by atomic mass is 10.2. The average Bonchev–Trinajstić information content (AvgIpc) is 2.29. The van der Waals surface area contributed by atoms with Crippen molar-refractivity contribution < 1.29 is 14.6 Å². The van der Waals surface area contributed by atoms with Crippen LogP contribution in [0.2, 0.25) is 0 Å². The van der Waals surface area contributed by atoms with Crippen molar-refractivity contribution in [3.05, 3.63) is 29.8 Å².